The maximum absolute atomic E-state index is 8.11. The fraction of sp³-hybridized carbons (Fsp3) is 0.714. The Morgan fingerprint density at radius 3 is 1.59 bits per heavy atom. The normalized spacial score (nSPS) is 9.41. The summed E-state index contributed by atoms with van der Waals surface area (Å²) in [6.45, 7) is 11.7. The lowest BCUT2D eigenvalue weighted by atomic mass is 10.3. The minimum atomic E-state index is -1.10. The van der Waals surface area contributed by atoms with Gasteiger partial charge in [-0.2, -0.15) is 0 Å². The molecule has 0 atom stereocenters. The smallest absolute Gasteiger partial charge is 0.151 e. The molecule has 0 saturated carbocycles. The number of allylic oxidation sites excluding steroid dienone is 2. The predicted molar refractivity (Wildman–Crippen MR) is 72.8 cm³/mol. The molecule has 3 nitrogen and oxygen atoms in total. The Kier molecular flexibility index (Phi) is 14.8. The molecule has 0 amide bonds. The van der Waals surface area contributed by atoms with E-state index in [0.29, 0.717) is 6.42 Å². The molecule has 0 bridgehead atoms. The van der Waals surface area contributed by atoms with Crippen molar-refractivity contribution >= 4 is 0 Å². The van der Waals surface area contributed by atoms with Gasteiger partial charge in [0.05, 0.1) is 13.2 Å². The summed E-state index contributed by atoms with van der Waals surface area (Å²) in [5, 5.41) is 16.2. The van der Waals surface area contributed by atoms with Crippen molar-refractivity contribution in [2.24, 2.45) is 0 Å². The second-order valence-corrected chi connectivity index (χ2v) is 4.37. The fourth-order valence-electron chi connectivity index (χ4n) is 0.777. The third-order valence-corrected chi connectivity index (χ3v) is 1.77. The summed E-state index contributed by atoms with van der Waals surface area (Å²) in [7, 11) is 0. The lowest BCUT2D eigenvalue weighted by Gasteiger charge is -1.96. The van der Waals surface area contributed by atoms with Crippen molar-refractivity contribution in [3.63, 3.8) is 0 Å². The van der Waals surface area contributed by atoms with E-state index in [1.807, 2.05) is 6.92 Å². The molecule has 0 fully saturated rings. The van der Waals surface area contributed by atoms with Crippen LogP contribution in [-0.2, 0) is 4.74 Å². The summed E-state index contributed by atoms with van der Waals surface area (Å²) >= 11 is 0. The number of rotatable bonds is 6. The van der Waals surface area contributed by atoms with Crippen LogP contribution in [0.4, 0.5) is 0 Å². The predicted octanol–water partition coefficient (Wildman–Crippen LogP) is 3.03. The van der Waals surface area contributed by atoms with Crippen LogP contribution in [0.25, 0.3) is 0 Å². The van der Waals surface area contributed by atoms with Crippen LogP contribution in [0.3, 0.4) is 0 Å². The van der Waals surface area contributed by atoms with Gasteiger partial charge in [0, 0.05) is 0 Å². The van der Waals surface area contributed by atoms with E-state index in [1.54, 1.807) is 0 Å². The Hall–Kier alpha value is -0.640. The molecule has 0 aliphatic carbocycles. The molecule has 0 aromatic rings. The Balaban J connectivity index is 0. The molecule has 0 heterocycles. The number of aliphatic hydroxyl groups excluding tert-OH is 1. The van der Waals surface area contributed by atoms with Crippen LogP contribution in [0.5, 0.6) is 0 Å². The minimum Gasteiger partial charge on any atom is -0.373 e. The molecule has 0 unspecified atom stereocenters. The van der Waals surface area contributed by atoms with E-state index in [1.165, 1.54) is 11.1 Å². The topological polar surface area (TPSA) is 49.7 Å². The van der Waals surface area contributed by atoms with Crippen LogP contribution in [-0.4, -0.2) is 29.7 Å². The maximum atomic E-state index is 8.11. The molecule has 3 heteroatoms. The molecule has 0 spiro atoms. The summed E-state index contributed by atoms with van der Waals surface area (Å²) in [5.74, 6) is 0. The van der Waals surface area contributed by atoms with Crippen molar-refractivity contribution in [1.29, 1.82) is 0 Å². The van der Waals surface area contributed by atoms with Gasteiger partial charge >= 0.3 is 0 Å². The Morgan fingerprint density at radius 1 is 1.00 bits per heavy atom. The Morgan fingerprint density at radius 2 is 1.41 bits per heavy atom. The molecule has 102 valence electrons. The first kappa shape index (κ1) is 18.7. The zero-order valence-corrected chi connectivity index (χ0v) is 11.9. The lowest BCUT2D eigenvalue weighted by molar-refractivity contribution is -0.0453. The number of aliphatic hydroxyl groups is 2. The first-order valence-electron chi connectivity index (χ1n) is 6.10. The average Bonchev–Trinajstić information content (AvgIpc) is 2.16. The highest BCUT2D eigenvalue weighted by Gasteiger charge is 1.89. The van der Waals surface area contributed by atoms with Gasteiger partial charge in [-0.3, -0.25) is 0 Å². The van der Waals surface area contributed by atoms with Gasteiger partial charge in [-0.25, -0.2) is 0 Å². The van der Waals surface area contributed by atoms with Gasteiger partial charge in [-0.1, -0.05) is 36.6 Å². The highest BCUT2D eigenvalue weighted by Crippen LogP contribution is 1.91. The summed E-state index contributed by atoms with van der Waals surface area (Å²) in [6, 6.07) is 0. The van der Waals surface area contributed by atoms with Crippen molar-refractivity contribution in [2.45, 2.75) is 53.8 Å². The summed E-state index contributed by atoms with van der Waals surface area (Å²) < 4.78 is 5.30. The van der Waals surface area contributed by atoms with E-state index >= 15 is 0 Å². The molecule has 0 aromatic heterocycles. The maximum Gasteiger partial charge on any atom is 0.151 e. The first-order valence-corrected chi connectivity index (χ1v) is 6.10. The largest absolute Gasteiger partial charge is 0.373 e. The third-order valence-electron chi connectivity index (χ3n) is 1.77. The quantitative estimate of drug-likeness (QED) is 0.429. The van der Waals surface area contributed by atoms with E-state index < -0.39 is 6.29 Å². The zero-order valence-electron chi connectivity index (χ0n) is 11.9. The van der Waals surface area contributed by atoms with Gasteiger partial charge in [-0.15, -0.1) is 0 Å². The van der Waals surface area contributed by atoms with Crippen LogP contribution in [0.1, 0.15) is 47.5 Å². The van der Waals surface area contributed by atoms with Gasteiger partial charge in [0.25, 0.3) is 0 Å². The second kappa shape index (κ2) is 13.4. The molecular weight excluding hydrogens is 216 g/mol. The molecule has 2 N–H and O–H groups in total. The summed E-state index contributed by atoms with van der Waals surface area (Å²) in [5.41, 5.74) is 2.62. The molecule has 0 radical (unpaired) electrons. The molecular formula is C14H28O3. The molecule has 17 heavy (non-hydrogen) atoms. The number of hydrogen-bond donors (Lipinski definition) is 2. The zero-order chi connectivity index (χ0) is 13.7. The highest BCUT2D eigenvalue weighted by molar-refractivity contribution is 4.95. The van der Waals surface area contributed by atoms with Gasteiger partial charge < -0.3 is 14.9 Å². The van der Waals surface area contributed by atoms with Gasteiger partial charge in [0.1, 0.15) is 0 Å². The first-order chi connectivity index (χ1) is 7.90. The van der Waals surface area contributed by atoms with Crippen LogP contribution < -0.4 is 0 Å². The third kappa shape index (κ3) is 25.5. The van der Waals surface area contributed by atoms with Crippen molar-refractivity contribution in [2.75, 3.05) is 13.2 Å². The van der Waals surface area contributed by atoms with Gasteiger partial charge in [0.2, 0.25) is 0 Å². The standard InChI is InChI=1S/C10H18O.C4H10O2/c1-9(2)5-7-11-8-6-10(3)4;1-2-3-4(5)6/h5-6H,7-8H2,1-4H3;4-6H,2-3H2,1H3. The molecule has 0 aliphatic heterocycles. The summed E-state index contributed by atoms with van der Waals surface area (Å²) in [6.07, 6.45) is 4.38. The molecule has 0 rings (SSSR count). The van der Waals surface area contributed by atoms with Gasteiger partial charge in [-0.05, 0) is 34.1 Å². The van der Waals surface area contributed by atoms with E-state index in [-0.39, 0.29) is 0 Å². The van der Waals surface area contributed by atoms with E-state index in [0.717, 1.165) is 19.6 Å². The average molecular weight is 244 g/mol. The highest BCUT2D eigenvalue weighted by atomic mass is 16.5. The van der Waals surface area contributed by atoms with Crippen molar-refractivity contribution in [3.05, 3.63) is 23.3 Å². The van der Waals surface area contributed by atoms with Crippen LogP contribution in [0.15, 0.2) is 23.3 Å². The SMILES string of the molecule is CC(C)=CCOCC=C(C)C.CCCC(O)O. The monoisotopic (exact) mass is 244 g/mol. The van der Waals surface area contributed by atoms with E-state index in [2.05, 4.69) is 39.8 Å². The van der Waals surface area contributed by atoms with Crippen molar-refractivity contribution in [3.8, 4) is 0 Å². The van der Waals surface area contributed by atoms with Gasteiger partial charge in [0.15, 0.2) is 6.29 Å². The van der Waals surface area contributed by atoms with Crippen LogP contribution >= 0.6 is 0 Å². The van der Waals surface area contributed by atoms with E-state index in [9.17, 15) is 0 Å². The molecule has 0 aliphatic rings. The summed E-state index contributed by atoms with van der Waals surface area (Å²) in [4.78, 5) is 0. The van der Waals surface area contributed by atoms with Crippen LogP contribution in [0.2, 0.25) is 0 Å². The lowest BCUT2D eigenvalue weighted by Crippen LogP contribution is -2.01. The van der Waals surface area contributed by atoms with Crippen molar-refractivity contribution < 1.29 is 14.9 Å². The Bertz CT molecular complexity index is 192. The number of ether oxygens (including phenoxy) is 1. The van der Waals surface area contributed by atoms with E-state index in [4.69, 9.17) is 14.9 Å². The fourth-order valence-corrected chi connectivity index (χ4v) is 0.777. The number of hydrogen-bond acceptors (Lipinski definition) is 3. The van der Waals surface area contributed by atoms with Crippen LogP contribution in [0, 0.1) is 0 Å². The minimum absolute atomic E-state index is 0.486. The molecule has 0 saturated heterocycles. The second-order valence-electron chi connectivity index (χ2n) is 4.37. The van der Waals surface area contributed by atoms with Crippen molar-refractivity contribution in [1.82, 2.24) is 0 Å². The molecule has 0 aromatic carbocycles. The Labute approximate surface area is 106 Å².